The molecule has 2 fully saturated rings. The van der Waals surface area contributed by atoms with Gasteiger partial charge in [0.25, 0.3) is 12.4 Å². The van der Waals surface area contributed by atoms with Crippen molar-refractivity contribution >= 4 is 29.4 Å². The Kier molecular flexibility index (Phi) is 10.1. The zero-order valence-corrected chi connectivity index (χ0v) is 27.4. The first-order valence-electron chi connectivity index (χ1n) is 16.9. The number of fused-ring (bicyclic) bond motifs is 1. The molecule has 0 saturated carbocycles. The van der Waals surface area contributed by atoms with E-state index in [0.29, 0.717) is 54.7 Å². The Labute approximate surface area is 283 Å². The Morgan fingerprint density at radius 1 is 1.00 bits per heavy atom. The number of carbonyl (C=O) groups is 1. The summed E-state index contributed by atoms with van der Waals surface area (Å²) in [4.78, 5) is 32.8. The molecule has 0 amide bonds. The number of aliphatic hydroxyl groups excluding tert-OH is 1. The highest BCUT2D eigenvalue weighted by atomic mass is 16.6. The summed E-state index contributed by atoms with van der Waals surface area (Å²) in [5.41, 5.74) is 3.26. The quantitative estimate of drug-likeness (QED) is 0.145. The number of likely N-dealkylation sites (tertiary alicyclic amines) is 1. The van der Waals surface area contributed by atoms with E-state index in [-0.39, 0.29) is 11.8 Å². The van der Waals surface area contributed by atoms with E-state index in [1.165, 1.54) is 19.3 Å². The molecule has 3 aromatic heterocycles. The molecule has 5 aromatic rings. The van der Waals surface area contributed by atoms with Crippen molar-refractivity contribution in [2.45, 2.75) is 63.1 Å². The van der Waals surface area contributed by atoms with Gasteiger partial charge in [0.1, 0.15) is 6.10 Å². The number of aliphatic hydroxyl groups is 1. The Morgan fingerprint density at radius 3 is 2.41 bits per heavy atom. The van der Waals surface area contributed by atoms with Gasteiger partial charge in [0.15, 0.2) is 41.2 Å². The monoisotopic (exact) mass is 667 g/mol. The van der Waals surface area contributed by atoms with Gasteiger partial charge in [-0.1, -0.05) is 79.2 Å². The van der Waals surface area contributed by atoms with Crippen LogP contribution in [0.1, 0.15) is 67.3 Å². The Morgan fingerprint density at radius 2 is 1.73 bits per heavy atom. The fourth-order valence-corrected chi connectivity index (χ4v) is 6.63. The summed E-state index contributed by atoms with van der Waals surface area (Å²) < 4.78 is 18.7. The second kappa shape index (κ2) is 15.1. The molecule has 0 unspecified atom stereocenters. The molecule has 5 heterocycles. The summed E-state index contributed by atoms with van der Waals surface area (Å²) in [5.74, 6) is 1.56. The molecule has 2 aliphatic heterocycles. The van der Waals surface area contributed by atoms with E-state index in [1.54, 1.807) is 10.9 Å². The van der Waals surface area contributed by atoms with E-state index >= 15 is 0 Å². The number of piperidine rings is 1. The van der Waals surface area contributed by atoms with Crippen LogP contribution in [-0.4, -0.2) is 91.1 Å². The summed E-state index contributed by atoms with van der Waals surface area (Å²) in [5, 5.41) is 22.2. The van der Waals surface area contributed by atoms with E-state index in [2.05, 4.69) is 49.9 Å². The van der Waals surface area contributed by atoms with Crippen LogP contribution in [-0.2, 0) is 20.7 Å². The number of rotatable bonds is 14. The van der Waals surface area contributed by atoms with Crippen molar-refractivity contribution in [3.8, 4) is 0 Å². The normalized spacial score (nSPS) is 21.3. The Hall–Kier alpha value is -4.92. The number of hydrogen-bond acceptors (Lipinski definition) is 13. The lowest BCUT2D eigenvalue weighted by atomic mass is 9.91. The van der Waals surface area contributed by atoms with Gasteiger partial charge >= 0.3 is 0 Å². The SMILES string of the molecule is CCc1noc([C@H]2O[C@@H](n3cnc4c(NCC(c5ccccc5)c5ccccc5)nc(NCCN5CCCCC5)nc43)[C@H](OC=O)[C@@H]2O)n1. The summed E-state index contributed by atoms with van der Waals surface area (Å²) in [7, 11) is 0. The minimum atomic E-state index is -1.28. The molecule has 4 atom stereocenters. The smallest absolute Gasteiger partial charge is 0.293 e. The van der Waals surface area contributed by atoms with Crippen molar-refractivity contribution in [2.24, 2.45) is 0 Å². The highest BCUT2D eigenvalue weighted by Gasteiger charge is 2.50. The number of nitrogens with one attached hydrogen (secondary N) is 2. The van der Waals surface area contributed by atoms with E-state index in [0.717, 1.165) is 30.8 Å². The summed E-state index contributed by atoms with van der Waals surface area (Å²) in [6, 6.07) is 20.7. The lowest BCUT2D eigenvalue weighted by Gasteiger charge is -2.26. The van der Waals surface area contributed by atoms with Gasteiger partial charge in [-0.3, -0.25) is 9.36 Å². The minimum Gasteiger partial charge on any atom is -0.457 e. The van der Waals surface area contributed by atoms with Crippen LogP contribution in [0.15, 0.2) is 71.5 Å². The molecule has 0 bridgehead atoms. The molecule has 256 valence electrons. The fraction of sp³-hybridized carbons (Fsp3) is 0.429. The molecule has 2 aliphatic rings. The number of anilines is 2. The molecule has 14 heteroatoms. The van der Waals surface area contributed by atoms with Crippen LogP contribution in [0, 0.1) is 0 Å². The first-order chi connectivity index (χ1) is 24.1. The zero-order valence-electron chi connectivity index (χ0n) is 27.4. The van der Waals surface area contributed by atoms with Gasteiger partial charge in [-0.2, -0.15) is 15.0 Å². The number of ether oxygens (including phenoxy) is 2. The number of imidazole rings is 1. The van der Waals surface area contributed by atoms with Crippen LogP contribution >= 0.6 is 0 Å². The predicted octanol–water partition coefficient (Wildman–Crippen LogP) is 4.09. The van der Waals surface area contributed by atoms with Crippen molar-refractivity contribution in [1.82, 2.24) is 34.6 Å². The number of hydrogen-bond donors (Lipinski definition) is 3. The largest absolute Gasteiger partial charge is 0.457 e. The van der Waals surface area contributed by atoms with Crippen molar-refractivity contribution in [3.05, 3.63) is 89.8 Å². The van der Waals surface area contributed by atoms with Crippen molar-refractivity contribution in [1.29, 1.82) is 0 Å². The van der Waals surface area contributed by atoms with E-state index in [9.17, 15) is 9.90 Å². The molecular weight excluding hydrogens is 626 g/mol. The number of carbonyl (C=O) groups excluding carboxylic acids is 1. The van der Waals surface area contributed by atoms with Crippen molar-refractivity contribution in [3.63, 3.8) is 0 Å². The first kappa shape index (κ1) is 32.6. The number of benzene rings is 2. The molecule has 14 nitrogen and oxygen atoms in total. The van der Waals surface area contributed by atoms with Crippen LogP contribution in [0.2, 0.25) is 0 Å². The van der Waals surface area contributed by atoms with Crippen molar-refractivity contribution in [2.75, 3.05) is 43.4 Å². The van der Waals surface area contributed by atoms with Crippen LogP contribution in [0.4, 0.5) is 11.8 Å². The highest BCUT2D eigenvalue weighted by molar-refractivity contribution is 5.84. The molecule has 0 spiro atoms. The molecule has 0 aliphatic carbocycles. The molecule has 2 aromatic carbocycles. The number of aromatic nitrogens is 6. The van der Waals surface area contributed by atoms with Gasteiger partial charge in [-0.05, 0) is 37.1 Å². The van der Waals surface area contributed by atoms with E-state index in [1.807, 2.05) is 43.3 Å². The minimum absolute atomic E-state index is 0.0341. The average molecular weight is 668 g/mol. The molecule has 2 saturated heterocycles. The fourth-order valence-electron chi connectivity index (χ4n) is 6.63. The van der Waals surface area contributed by atoms with E-state index < -0.39 is 24.5 Å². The Bertz CT molecular complexity index is 1770. The van der Waals surface area contributed by atoms with Crippen LogP contribution in [0.5, 0.6) is 0 Å². The van der Waals surface area contributed by atoms with Crippen LogP contribution < -0.4 is 10.6 Å². The third kappa shape index (κ3) is 7.12. The predicted molar refractivity (Wildman–Crippen MR) is 181 cm³/mol. The van der Waals surface area contributed by atoms with Gasteiger partial charge in [-0.15, -0.1) is 0 Å². The topological polar surface area (TPSA) is 166 Å². The maximum absolute atomic E-state index is 11.6. The van der Waals surface area contributed by atoms with Gasteiger partial charge in [0.05, 0.1) is 6.33 Å². The molecular formula is C35H41N9O5. The summed E-state index contributed by atoms with van der Waals surface area (Å²) >= 11 is 0. The molecule has 49 heavy (non-hydrogen) atoms. The third-order valence-electron chi connectivity index (χ3n) is 9.20. The van der Waals surface area contributed by atoms with Gasteiger partial charge in [0, 0.05) is 32.0 Å². The maximum atomic E-state index is 11.6. The van der Waals surface area contributed by atoms with Gasteiger partial charge < -0.3 is 34.6 Å². The maximum Gasteiger partial charge on any atom is 0.293 e. The molecule has 7 rings (SSSR count). The molecule has 3 N–H and O–H groups in total. The lowest BCUT2D eigenvalue weighted by Crippen LogP contribution is -2.34. The standard InChI is InChI=1S/C35H41N9O5/c1-2-26-39-33(49-42-26)29-28(46)30(47-22-45)34(48-29)44-21-38-27-31(40-35(41-32(27)44)36-16-19-43-17-10-5-11-18-43)37-20-25(23-12-6-3-7-13-23)24-14-8-4-9-15-24/h3-4,6-9,12-15,21-22,25,28-30,34,46H,2,5,10-11,16-20H2,1H3,(H2,36,37,40,41)/t28-,29+,30-,34-/m1/s1. The number of nitrogens with zero attached hydrogens (tertiary/aromatic N) is 7. The summed E-state index contributed by atoms with van der Waals surface area (Å²) in [6.07, 6.45) is 1.40. The van der Waals surface area contributed by atoms with E-state index in [4.69, 9.17) is 28.9 Å². The zero-order chi connectivity index (χ0) is 33.6. The highest BCUT2D eigenvalue weighted by Crippen LogP contribution is 2.41. The third-order valence-corrected chi connectivity index (χ3v) is 9.20. The van der Waals surface area contributed by atoms with Crippen molar-refractivity contribution < 1.29 is 23.9 Å². The Balaban J connectivity index is 1.22. The van der Waals surface area contributed by atoms with Crippen LogP contribution in [0.3, 0.4) is 0 Å². The van der Waals surface area contributed by atoms with Gasteiger partial charge in [-0.25, -0.2) is 4.98 Å². The number of aryl methyl sites for hydroxylation is 1. The van der Waals surface area contributed by atoms with Gasteiger partial charge in [0.2, 0.25) is 5.95 Å². The summed E-state index contributed by atoms with van der Waals surface area (Å²) in [6.45, 7) is 6.42. The first-order valence-corrected chi connectivity index (χ1v) is 16.9. The van der Waals surface area contributed by atoms with Crippen LogP contribution in [0.25, 0.3) is 11.2 Å². The average Bonchev–Trinajstić information content (AvgIpc) is 3.88. The lowest BCUT2D eigenvalue weighted by molar-refractivity contribution is -0.142. The molecule has 0 radical (unpaired) electrons. The second-order valence-electron chi connectivity index (χ2n) is 12.3. The second-order valence-corrected chi connectivity index (χ2v) is 12.3.